The number of hydrogen-bond donors (Lipinski definition) is 0. The van der Waals surface area contributed by atoms with Crippen molar-refractivity contribution in [3.63, 3.8) is 0 Å². The molecular formula is C28H28Ni. The molecule has 150 valence electrons. The first-order valence-electron chi connectivity index (χ1n) is 10.1. The van der Waals surface area contributed by atoms with Gasteiger partial charge in [-0.2, -0.15) is 0 Å². The van der Waals surface area contributed by atoms with E-state index in [0.29, 0.717) is 0 Å². The number of aryl methyl sites for hydroxylation is 4. The molecule has 29 heavy (non-hydrogen) atoms. The van der Waals surface area contributed by atoms with Crippen molar-refractivity contribution in [1.82, 2.24) is 0 Å². The van der Waals surface area contributed by atoms with Crippen molar-refractivity contribution in [2.75, 3.05) is 0 Å². The molecule has 0 nitrogen and oxygen atoms in total. The zero-order chi connectivity index (χ0) is 19.3. The monoisotopic (exact) mass is 422 g/mol. The predicted octanol–water partition coefficient (Wildman–Crippen LogP) is 6.94. The smallest absolute Gasteiger partial charge is 0 e. The van der Waals surface area contributed by atoms with Crippen molar-refractivity contribution in [2.45, 2.75) is 25.7 Å². The number of hydrogen-bond acceptors (Lipinski definition) is 0. The van der Waals surface area contributed by atoms with Crippen LogP contribution in [0.4, 0.5) is 0 Å². The van der Waals surface area contributed by atoms with Gasteiger partial charge in [-0.15, -0.1) is 0 Å². The zero-order valence-electron chi connectivity index (χ0n) is 16.7. The normalized spacial score (nSPS) is 9.66. The molecule has 0 N–H and O–H groups in total. The van der Waals surface area contributed by atoms with E-state index in [2.05, 4.69) is 121 Å². The first-order chi connectivity index (χ1) is 13.9. The third-order valence-corrected chi connectivity index (χ3v) is 4.78. The molecule has 0 heterocycles. The summed E-state index contributed by atoms with van der Waals surface area (Å²) in [6, 6.07) is 42.5. The molecular weight excluding hydrogens is 395 g/mol. The predicted molar refractivity (Wildman–Crippen MR) is 121 cm³/mol. The summed E-state index contributed by atoms with van der Waals surface area (Å²) in [6.45, 7) is 0. The Morgan fingerprint density at radius 2 is 0.448 bits per heavy atom. The van der Waals surface area contributed by atoms with Crippen LogP contribution in [0.2, 0.25) is 0 Å². The molecule has 0 radical (unpaired) electrons. The molecule has 0 bridgehead atoms. The van der Waals surface area contributed by atoms with Crippen LogP contribution < -0.4 is 0 Å². The van der Waals surface area contributed by atoms with Gasteiger partial charge in [0.15, 0.2) is 0 Å². The Morgan fingerprint density at radius 1 is 0.276 bits per heavy atom. The summed E-state index contributed by atoms with van der Waals surface area (Å²) in [7, 11) is 0. The van der Waals surface area contributed by atoms with Crippen molar-refractivity contribution in [2.24, 2.45) is 0 Å². The second-order valence-electron chi connectivity index (χ2n) is 6.94. The Kier molecular flexibility index (Phi) is 10.6. The molecule has 4 rings (SSSR count). The Hall–Kier alpha value is -2.63. The molecule has 0 fully saturated rings. The molecule has 0 unspecified atom stereocenters. The standard InChI is InChI=1S/2C14H14.Ni/c2*1-3-7-13(8-4-1)11-12-14-9-5-2-6-10-14;/h2*1-10H,11-12H2;. The van der Waals surface area contributed by atoms with E-state index in [1.165, 1.54) is 22.3 Å². The van der Waals surface area contributed by atoms with Crippen molar-refractivity contribution in [3.8, 4) is 0 Å². The van der Waals surface area contributed by atoms with Gasteiger partial charge in [-0.25, -0.2) is 0 Å². The van der Waals surface area contributed by atoms with Crippen LogP contribution in [-0.4, -0.2) is 0 Å². The summed E-state index contributed by atoms with van der Waals surface area (Å²) < 4.78 is 0. The molecule has 0 aromatic heterocycles. The van der Waals surface area contributed by atoms with Crippen LogP contribution in [0.1, 0.15) is 22.3 Å². The molecule has 0 saturated carbocycles. The van der Waals surface area contributed by atoms with Crippen LogP contribution in [0.25, 0.3) is 0 Å². The molecule has 4 aromatic carbocycles. The summed E-state index contributed by atoms with van der Waals surface area (Å²) in [6.07, 6.45) is 4.52. The molecule has 1 heteroatoms. The van der Waals surface area contributed by atoms with Crippen molar-refractivity contribution in [1.29, 1.82) is 0 Å². The minimum atomic E-state index is 0. The first kappa shape index (κ1) is 22.7. The van der Waals surface area contributed by atoms with Crippen LogP contribution >= 0.6 is 0 Å². The minimum absolute atomic E-state index is 0. The van der Waals surface area contributed by atoms with Gasteiger partial charge in [0.25, 0.3) is 0 Å². The Bertz CT molecular complexity index is 730. The van der Waals surface area contributed by atoms with Crippen LogP contribution in [0.15, 0.2) is 121 Å². The van der Waals surface area contributed by atoms with Gasteiger partial charge in [-0.05, 0) is 47.9 Å². The number of benzene rings is 4. The molecule has 0 spiro atoms. The van der Waals surface area contributed by atoms with E-state index in [1.54, 1.807) is 0 Å². The van der Waals surface area contributed by atoms with Crippen LogP contribution in [0, 0.1) is 0 Å². The minimum Gasteiger partial charge on any atom is -0.0622 e. The largest absolute Gasteiger partial charge is 0.0622 e. The summed E-state index contributed by atoms with van der Waals surface area (Å²) in [4.78, 5) is 0. The average molecular weight is 423 g/mol. The van der Waals surface area contributed by atoms with Crippen LogP contribution in [-0.2, 0) is 42.2 Å². The van der Waals surface area contributed by atoms with Gasteiger partial charge in [0.05, 0.1) is 0 Å². The van der Waals surface area contributed by atoms with E-state index in [9.17, 15) is 0 Å². The van der Waals surface area contributed by atoms with Gasteiger partial charge in [0.2, 0.25) is 0 Å². The fourth-order valence-electron chi connectivity index (χ4n) is 3.16. The zero-order valence-corrected chi connectivity index (χ0v) is 17.7. The second-order valence-corrected chi connectivity index (χ2v) is 6.94. The van der Waals surface area contributed by atoms with E-state index in [1.807, 2.05) is 0 Å². The van der Waals surface area contributed by atoms with Crippen LogP contribution in [0.3, 0.4) is 0 Å². The van der Waals surface area contributed by atoms with Gasteiger partial charge in [-0.3, -0.25) is 0 Å². The maximum atomic E-state index is 2.18. The SMILES string of the molecule is [Ni].c1ccc(CCc2ccccc2)cc1.c1ccc(CCc2ccccc2)cc1. The molecule has 0 aliphatic rings. The van der Waals surface area contributed by atoms with Gasteiger partial charge in [0, 0.05) is 16.5 Å². The van der Waals surface area contributed by atoms with E-state index in [4.69, 9.17) is 0 Å². The molecule has 0 atom stereocenters. The summed E-state index contributed by atoms with van der Waals surface area (Å²) in [5.41, 5.74) is 5.65. The Morgan fingerprint density at radius 3 is 0.621 bits per heavy atom. The van der Waals surface area contributed by atoms with Gasteiger partial charge < -0.3 is 0 Å². The summed E-state index contributed by atoms with van der Waals surface area (Å²) >= 11 is 0. The maximum absolute atomic E-state index is 2.18. The molecule has 0 aliphatic heterocycles. The fraction of sp³-hybridized carbons (Fsp3) is 0.143. The summed E-state index contributed by atoms with van der Waals surface area (Å²) in [5.74, 6) is 0. The first-order valence-corrected chi connectivity index (χ1v) is 10.1. The second kappa shape index (κ2) is 13.5. The summed E-state index contributed by atoms with van der Waals surface area (Å²) in [5, 5.41) is 0. The fourth-order valence-corrected chi connectivity index (χ4v) is 3.16. The van der Waals surface area contributed by atoms with Crippen LogP contribution in [0.5, 0.6) is 0 Å². The van der Waals surface area contributed by atoms with Gasteiger partial charge in [0.1, 0.15) is 0 Å². The average Bonchev–Trinajstić information content (AvgIpc) is 2.80. The maximum Gasteiger partial charge on any atom is 0 e. The number of rotatable bonds is 6. The Labute approximate surface area is 185 Å². The van der Waals surface area contributed by atoms with Crippen molar-refractivity contribution >= 4 is 0 Å². The van der Waals surface area contributed by atoms with E-state index in [-0.39, 0.29) is 16.5 Å². The van der Waals surface area contributed by atoms with Crippen molar-refractivity contribution < 1.29 is 16.5 Å². The van der Waals surface area contributed by atoms with E-state index >= 15 is 0 Å². The van der Waals surface area contributed by atoms with Gasteiger partial charge in [-0.1, -0.05) is 121 Å². The molecule has 0 amide bonds. The molecule has 4 aromatic rings. The Balaban J connectivity index is 0.000000200. The third-order valence-electron chi connectivity index (χ3n) is 4.78. The van der Waals surface area contributed by atoms with E-state index < -0.39 is 0 Å². The topological polar surface area (TPSA) is 0 Å². The quantitative estimate of drug-likeness (QED) is 0.295. The molecule has 0 aliphatic carbocycles. The van der Waals surface area contributed by atoms with Crippen molar-refractivity contribution in [3.05, 3.63) is 144 Å². The van der Waals surface area contributed by atoms with Gasteiger partial charge >= 0.3 is 0 Å². The third kappa shape index (κ3) is 8.94. The molecule has 0 saturated heterocycles. The van der Waals surface area contributed by atoms with E-state index in [0.717, 1.165) is 25.7 Å².